The van der Waals surface area contributed by atoms with E-state index < -0.39 is 0 Å². The molecule has 1 fully saturated rings. The van der Waals surface area contributed by atoms with Crippen LogP contribution >= 0.6 is 0 Å². The molecule has 1 saturated heterocycles. The second-order valence-corrected chi connectivity index (χ2v) is 7.40. The molecule has 1 atom stereocenters. The summed E-state index contributed by atoms with van der Waals surface area (Å²) >= 11 is 0. The number of anilines is 1. The molecule has 0 spiro atoms. The van der Waals surface area contributed by atoms with Crippen molar-refractivity contribution in [2.75, 3.05) is 51.1 Å². The van der Waals surface area contributed by atoms with Gasteiger partial charge in [-0.05, 0) is 56.7 Å². The van der Waals surface area contributed by atoms with Crippen molar-refractivity contribution in [3.05, 3.63) is 29.8 Å². The van der Waals surface area contributed by atoms with E-state index in [4.69, 9.17) is 5.26 Å². The first-order chi connectivity index (χ1) is 14.1. The summed E-state index contributed by atoms with van der Waals surface area (Å²) in [7, 11) is 0. The Morgan fingerprint density at radius 1 is 1.24 bits per heavy atom. The molecule has 0 aromatic heterocycles. The van der Waals surface area contributed by atoms with E-state index >= 15 is 0 Å². The average molecular weight is 400 g/mol. The largest absolute Gasteiger partial charge is 0.351 e. The molecule has 2 amide bonds. The lowest BCUT2D eigenvalue weighted by Crippen LogP contribution is -2.41. The van der Waals surface area contributed by atoms with Crippen LogP contribution in [0.4, 0.5) is 5.69 Å². The molecule has 2 N–H and O–H groups in total. The quantitative estimate of drug-likeness (QED) is 0.630. The number of hydrogen-bond acceptors (Lipinski definition) is 5. The number of rotatable bonds is 10. The van der Waals surface area contributed by atoms with Gasteiger partial charge in [-0.15, -0.1) is 0 Å². The van der Waals surface area contributed by atoms with E-state index in [2.05, 4.69) is 40.4 Å². The fourth-order valence-electron chi connectivity index (χ4n) is 3.60. The molecule has 1 aromatic rings. The summed E-state index contributed by atoms with van der Waals surface area (Å²) in [5, 5.41) is 14.6. The van der Waals surface area contributed by atoms with Crippen molar-refractivity contribution >= 4 is 17.5 Å². The van der Waals surface area contributed by atoms with Crippen LogP contribution in [0.2, 0.25) is 0 Å². The molecule has 1 aromatic carbocycles. The number of nitriles is 1. The molecule has 0 aliphatic carbocycles. The minimum absolute atomic E-state index is 0.00285. The van der Waals surface area contributed by atoms with Gasteiger partial charge in [0.1, 0.15) is 0 Å². The van der Waals surface area contributed by atoms with E-state index in [1.54, 1.807) is 24.3 Å². The van der Waals surface area contributed by atoms with Gasteiger partial charge in [0.25, 0.3) is 5.91 Å². The van der Waals surface area contributed by atoms with Crippen molar-refractivity contribution in [3.63, 3.8) is 0 Å². The van der Waals surface area contributed by atoms with Crippen LogP contribution in [0.5, 0.6) is 0 Å². The lowest BCUT2D eigenvalue weighted by atomic mass is 9.97. The van der Waals surface area contributed by atoms with Crippen LogP contribution in [0.15, 0.2) is 24.3 Å². The third-order valence-corrected chi connectivity index (χ3v) is 5.44. The van der Waals surface area contributed by atoms with Crippen LogP contribution in [0.3, 0.4) is 0 Å². The monoisotopic (exact) mass is 399 g/mol. The molecule has 0 radical (unpaired) electrons. The number of carbonyl (C=O) groups excluding carboxylic acids is 2. The highest BCUT2D eigenvalue weighted by atomic mass is 16.2. The maximum Gasteiger partial charge on any atom is 0.251 e. The molecular weight excluding hydrogens is 366 g/mol. The normalized spacial score (nSPS) is 17.0. The van der Waals surface area contributed by atoms with Gasteiger partial charge in [-0.1, -0.05) is 13.8 Å². The smallest absolute Gasteiger partial charge is 0.251 e. The first-order valence-corrected chi connectivity index (χ1v) is 10.6. The SMILES string of the molecule is CCN(CC)CCNC(=O)c1ccc(NC(=O)C2CCCN(CCC#N)C2)cc1. The van der Waals surface area contributed by atoms with E-state index in [9.17, 15) is 9.59 Å². The van der Waals surface area contributed by atoms with Crippen LogP contribution in [0.1, 0.15) is 43.5 Å². The molecule has 7 heteroatoms. The van der Waals surface area contributed by atoms with Gasteiger partial charge in [-0.3, -0.25) is 9.59 Å². The van der Waals surface area contributed by atoms with Crippen molar-refractivity contribution in [3.8, 4) is 6.07 Å². The Bertz CT molecular complexity index is 694. The molecule has 0 saturated carbocycles. The number of amides is 2. The lowest BCUT2D eigenvalue weighted by molar-refractivity contribution is -0.121. The maximum absolute atomic E-state index is 12.6. The highest BCUT2D eigenvalue weighted by Gasteiger charge is 2.25. The van der Waals surface area contributed by atoms with Gasteiger partial charge < -0.3 is 20.4 Å². The van der Waals surface area contributed by atoms with E-state index in [-0.39, 0.29) is 17.7 Å². The number of carbonyl (C=O) groups is 2. The van der Waals surface area contributed by atoms with Gasteiger partial charge in [-0.25, -0.2) is 0 Å². The summed E-state index contributed by atoms with van der Waals surface area (Å²) in [6.45, 7) is 9.96. The van der Waals surface area contributed by atoms with Crippen molar-refractivity contribution in [2.24, 2.45) is 5.92 Å². The fourth-order valence-corrected chi connectivity index (χ4v) is 3.60. The highest BCUT2D eigenvalue weighted by molar-refractivity contribution is 5.96. The van der Waals surface area contributed by atoms with Crippen LogP contribution in [0.25, 0.3) is 0 Å². The van der Waals surface area contributed by atoms with Gasteiger partial charge in [0.2, 0.25) is 5.91 Å². The predicted molar refractivity (Wildman–Crippen MR) is 115 cm³/mol. The summed E-state index contributed by atoms with van der Waals surface area (Å²) in [6.07, 6.45) is 2.32. The molecule has 2 rings (SSSR count). The first-order valence-electron chi connectivity index (χ1n) is 10.6. The zero-order valence-corrected chi connectivity index (χ0v) is 17.6. The molecule has 7 nitrogen and oxygen atoms in total. The van der Waals surface area contributed by atoms with Gasteiger partial charge in [0.05, 0.1) is 12.0 Å². The number of likely N-dealkylation sites (N-methyl/N-ethyl adjacent to an activating group) is 1. The number of hydrogen-bond donors (Lipinski definition) is 2. The van der Waals surface area contributed by atoms with Gasteiger partial charge in [-0.2, -0.15) is 5.26 Å². The van der Waals surface area contributed by atoms with Crippen LogP contribution in [-0.4, -0.2) is 67.4 Å². The van der Waals surface area contributed by atoms with E-state index in [0.29, 0.717) is 30.8 Å². The Morgan fingerprint density at radius 3 is 2.62 bits per heavy atom. The standard InChI is InChI=1S/C22H33N5O2/c1-3-26(4-2)16-13-24-21(28)18-8-10-20(11-9-18)25-22(29)19-7-5-14-27(17-19)15-6-12-23/h8-11,19H,3-7,13-17H2,1-2H3,(H,24,28)(H,25,29). The Morgan fingerprint density at radius 2 is 1.97 bits per heavy atom. The minimum atomic E-state index is -0.101. The van der Waals surface area contributed by atoms with E-state index in [1.807, 2.05) is 0 Å². The molecule has 0 bridgehead atoms. The number of benzene rings is 1. The van der Waals surface area contributed by atoms with Gasteiger partial charge in [0, 0.05) is 43.9 Å². The average Bonchev–Trinajstić information content (AvgIpc) is 2.76. The van der Waals surface area contributed by atoms with Crippen molar-refractivity contribution in [1.82, 2.24) is 15.1 Å². The van der Waals surface area contributed by atoms with Crippen LogP contribution in [0, 0.1) is 17.2 Å². The number of likely N-dealkylation sites (tertiary alicyclic amines) is 1. The minimum Gasteiger partial charge on any atom is -0.351 e. The number of piperidine rings is 1. The molecule has 1 heterocycles. The molecule has 1 unspecified atom stereocenters. The van der Waals surface area contributed by atoms with Crippen LogP contribution < -0.4 is 10.6 Å². The topological polar surface area (TPSA) is 88.5 Å². The van der Waals surface area contributed by atoms with E-state index in [0.717, 1.165) is 45.6 Å². The summed E-state index contributed by atoms with van der Waals surface area (Å²) in [5.74, 6) is -0.163. The zero-order chi connectivity index (χ0) is 21.1. The van der Waals surface area contributed by atoms with Crippen molar-refractivity contribution in [1.29, 1.82) is 5.26 Å². The van der Waals surface area contributed by atoms with Crippen molar-refractivity contribution in [2.45, 2.75) is 33.1 Å². The summed E-state index contributed by atoms with van der Waals surface area (Å²) in [5.41, 5.74) is 1.28. The van der Waals surface area contributed by atoms with E-state index in [1.165, 1.54) is 0 Å². The Labute approximate surface area is 174 Å². The number of nitrogens with one attached hydrogen (secondary N) is 2. The predicted octanol–water partition coefficient (Wildman–Crippen LogP) is 2.32. The Balaban J connectivity index is 1.81. The third-order valence-electron chi connectivity index (χ3n) is 5.44. The van der Waals surface area contributed by atoms with Gasteiger partial charge in [0.15, 0.2) is 0 Å². The summed E-state index contributed by atoms with van der Waals surface area (Å²) < 4.78 is 0. The third kappa shape index (κ3) is 7.48. The summed E-state index contributed by atoms with van der Waals surface area (Å²) in [4.78, 5) is 29.3. The van der Waals surface area contributed by atoms with Crippen LogP contribution in [-0.2, 0) is 4.79 Å². The Kier molecular flexibility index (Phi) is 9.62. The van der Waals surface area contributed by atoms with Crippen molar-refractivity contribution < 1.29 is 9.59 Å². The highest BCUT2D eigenvalue weighted by Crippen LogP contribution is 2.19. The number of nitrogens with zero attached hydrogens (tertiary/aromatic N) is 3. The summed E-state index contributed by atoms with van der Waals surface area (Å²) in [6, 6.07) is 9.18. The lowest BCUT2D eigenvalue weighted by Gasteiger charge is -2.31. The second kappa shape index (κ2) is 12.2. The zero-order valence-electron chi connectivity index (χ0n) is 17.6. The molecular formula is C22H33N5O2. The fraction of sp³-hybridized carbons (Fsp3) is 0.591. The first kappa shape index (κ1) is 22.9. The molecule has 158 valence electrons. The molecule has 1 aliphatic rings. The molecule has 1 aliphatic heterocycles. The second-order valence-electron chi connectivity index (χ2n) is 7.40. The maximum atomic E-state index is 12.6. The molecule has 29 heavy (non-hydrogen) atoms. The van der Waals surface area contributed by atoms with Gasteiger partial charge >= 0.3 is 0 Å². The Hall–Kier alpha value is -2.43.